The monoisotopic (exact) mass is 448 g/mol. The summed E-state index contributed by atoms with van der Waals surface area (Å²) in [5.74, 6) is -0.188. The second-order valence-corrected chi connectivity index (χ2v) is 9.37. The Morgan fingerprint density at radius 2 is 2.06 bits per heavy atom. The van der Waals surface area contributed by atoms with Crippen LogP contribution in [0.1, 0.15) is 30.9 Å². The van der Waals surface area contributed by atoms with Gasteiger partial charge in [-0.25, -0.2) is 4.79 Å². The molecule has 1 saturated heterocycles. The molecule has 3 amide bonds. The van der Waals surface area contributed by atoms with Crippen molar-refractivity contribution < 1.29 is 14.3 Å². The molecule has 1 aliphatic carbocycles. The zero-order chi connectivity index (χ0) is 23.5. The zero-order valence-corrected chi connectivity index (χ0v) is 19.7. The van der Waals surface area contributed by atoms with E-state index in [4.69, 9.17) is 12.6 Å². The second kappa shape index (κ2) is 10.1. The molecule has 1 aromatic rings. The van der Waals surface area contributed by atoms with E-state index in [1.54, 1.807) is 18.1 Å². The van der Waals surface area contributed by atoms with E-state index in [-0.39, 0.29) is 24.1 Å². The van der Waals surface area contributed by atoms with Crippen LogP contribution in [0.3, 0.4) is 0 Å². The lowest BCUT2D eigenvalue weighted by Crippen LogP contribution is -2.50. The number of benzene rings is 1. The first-order valence-corrected chi connectivity index (χ1v) is 11.7. The summed E-state index contributed by atoms with van der Waals surface area (Å²) in [7, 11) is 9.53. The number of nitrogens with one attached hydrogen (secondary N) is 2. The molecule has 3 aliphatic rings. The van der Waals surface area contributed by atoms with Crippen LogP contribution in [0.4, 0.5) is 10.5 Å². The van der Waals surface area contributed by atoms with Crippen LogP contribution in [0.2, 0.25) is 0 Å². The number of methoxy groups -OCH3 is 1. The van der Waals surface area contributed by atoms with Gasteiger partial charge >= 0.3 is 6.03 Å². The Hall–Kier alpha value is -2.58. The fourth-order valence-electron chi connectivity index (χ4n) is 4.78. The summed E-state index contributed by atoms with van der Waals surface area (Å²) in [6.07, 6.45) is 8.44. The van der Waals surface area contributed by atoms with Crippen LogP contribution < -0.4 is 10.6 Å². The van der Waals surface area contributed by atoms with Gasteiger partial charge in [0, 0.05) is 38.3 Å². The van der Waals surface area contributed by atoms with Gasteiger partial charge in [-0.15, -0.1) is 5.47 Å². The Labute approximate surface area is 197 Å². The number of likely N-dealkylation sites (N-methyl/N-ethyl adjacent to an activating group) is 1. The van der Waals surface area contributed by atoms with Crippen molar-refractivity contribution in [1.82, 2.24) is 15.1 Å². The van der Waals surface area contributed by atoms with Gasteiger partial charge in [-0.1, -0.05) is 24.3 Å². The Morgan fingerprint density at radius 1 is 1.24 bits per heavy atom. The Morgan fingerprint density at radius 3 is 2.79 bits per heavy atom. The van der Waals surface area contributed by atoms with Crippen molar-refractivity contribution in [3.05, 3.63) is 53.0 Å². The minimum Gasteiger partial charge on any atom is -0.380 e. The molecule has 0 spiro atoms. The number of carbonyl (C=O) groups excluding carboxylic acids is 2. The van der Waals surface area contributed by atoms with Gasteiger partial charge in [0.2, 0.25) is 5.91 Å². The second-order valence-electron chi connectivity index (χ2n) is 9.37. The van der Waals surface area contributed by atoms with Crippen molar-refractivity contribution in [2.75, 3.05) is 32.6 Å². The van der Waals surface area contributed by atoms with Crippen molar-refractivity contribution in [1.29, 1.82) is 0 Å². The third-order valence-electron chi connectivity index (χ3n) is 7.07. The fourth-order valence-corrected chi connectivity index (χ4v) is 4.78. The van der Waals surface area contributed by atoms with E-state index in [0.717, 1.165) is 25.1 Å². The number of hydrogen-bond donors (Lipinski definition) is 2. The lowest BCUT2D eigenvalue weighted by atomic mass is 9.89. The van der Waals surface area contributed by atoms with Crippen molar-refractivity contribution in [2.45, 2.75) is 56.8 Å². The first kappa shape index (κ1) is 23.6. The van der Waals surface area contributed by atoms with E-state index in [9.17, 15) is 9.59 Å². The Bertz CT molecular complexity index is 963. The zero-order valence-electron chi connectivity index (χ0n) is 19.7. The number of ether oxygens (including phenoxy) is 1. The van der Waals surface area contributed by atoms with E-state index < -0.39 is 6.04 Å². The van der Waals surface area contributed by atoms with E-state index in [1.807, 2.05) is 18.2 Å². The number of likely N-dealkylation sites (tertiary alicyclic amines) is 1. The molecule has 174 valence electrons. The first-order chi connectivity index (χ1) is 15.8. The number of allylic oxidation sites excluding steroid dienone is 2. The van der Waals surface area contributed by atoms with Crippen LogP contribution in [0.5, 0.6) is 0 Å². The lowest BCUT2D eigenvalue weighted by Gasteiger charge is -2.27. The maximum atomic E-state index is 13.2. The summed E-state index contributed by atoms with van der Waals surface area (Å²) < 4.78 is 5.49. The van der Waals surface area contributed by atoms with Gasteiger partial charge in [-0.2, -0.15) is 0 Å². The molecule has 0 saturated carbocycles. The van der Waals surface area contributed by atoms with Gasteiger partial charge in [0.15, 0.2) is 0 Å². The minimum absolute atomic E-state index is 0.139. The van der Waals surface area contributed by atoms with E-state index in [1.165, 1.54) is 11.1 Å². The molecule has 0 aromatic heterocycles. The van der Waals surface area contributed by atoms with Crippen molar-refractivity contribution in [2.24, 2.45) is 0 Å². The third kappa shape index (κ3) is 5.50. The topological polar surface area (TPSA) is 73.9 Å². The molecule has 2 aliphatic heterocycles. The third-order valence-corrected chi connectivity index (χ3v) is 7.07. The van der Waals surface area contributed by atoms with E-state index in [2.05, 4.69) is 41.6 Å². The molecule has 33 heavy (non-hydrogen) atoms. The average molecular weight is 448 g/mol. The molecule has 2 heterocycles. The highest BCUT2D eigenvalue weighted by molar-refractivity contribution is 6.23. The SMILES string of the molecule is [B]C1=CCC(NC(=O)N2CC(OC)CC2C(=O)Nc2ccc3c(c2)CCN(C)C(C)C3)C=C1. The molecule has 2 radical (unpaired) electrons. The number of hydrogen-bond acceptors (Lipinski definition) is 4. The summed E-state index contributed by atoms with van der Waals surface area (Å²) >= 11 is 0. The molecule has 1 fully saturated rings. The van der Waals surface area contributed by atoms with Crippen LogP contribution >= 0.6 is 0 Å². The van der Waals surface area contributed by atoms with Crippen LogP contribution in [0.25, 0.3) is 0 Å². The number of amides is 3. The molecule has 0 bridgehead atoms. The van der Waals surface area contributed by atoms with Crippen molar-refractivity contribution >= 4 is 25.5 Å². The van der Waals surface area contributed by atoms with Gasteiger partial charge in [0.05, 0.1) is 12.1 Å². The number of carbonyl (C=O) groups is 2. The number of urea groups is 1. The fraction of sp³-hybridized carbons (Fsp3) is 0.520. The van der Waals surface area contributed by atoms with Gasteiger partial charge in [0.25, 0.3) is 0 Å². The predicted octanol–water partition coefficient (Wildman–Crippen LogP) is 2.22. The highest BCUT2D eigenvalue weighted by Crippen LogP contribution is 2.25. The van der Waals surface area contributed by atoms with Gasteiger partial charge in [-0.05, 0) is 56.5 Å². The smallest absolute Gasteiger partial charge is 0.318 e. The van der Waals surface area contributed by atoms with Crippen molar-refractivity contribution in [3.8, 4) is 0 Å². The molecular weight excluding hydrogens is 415 g/mol. The van der Waals surface area contributed by atoms with Gasteiger partial charge in [0.1, 0.15) is 13.9 Å². The summed E-state index contributed by atoms with van der Waals surface area (Å²) in [5.41, 5.74) is 4.07. The van der Waals surface area contributed by atoms with Crippen LogP contribution in [-0.2, 0) is 22.4 Å². The molecule has 8 heteroatoms. The van der Waals surface area contributed by atoms with Gasteiger partial charge < -0.3 is 25.2 Å². The highest BCUT2D eigenvalue weighted by Gasteiger charge is 2.40. The molecule has 7 nitrogen and oxygen atoms in total. The van der Waals surface area contributed by atoms with Crippen LogP contribution in [-0.4, -0.2) is 81.1 Å². The summed E-state index contributed by atoms with van der Waals surface area (Å²) in [6.45, 7) is 3.61. The number of fused-ring (bicyclic) bond motifs is 1. The first-order valence-electron chi connectivity index (χ1n) is 11.7. The lowest BCUT2D eigenvalue weighted by molar-refractivity contribution is -0.119. The molecule has 2 N–H and O–H groups in total. The van der Waals surface area contributed by atoms with E-state index in [0.29, 0.717) is 30.9 Å². The predicted molar refractivity (Wildman–Crippen MR) is 130 cm³/mol. The largest absolute Gasteiger partial charge is 0.380 e. The van der Waals surface area contributed by atoms with Crippen molar-refractivity contribution in [3.63, 3.8) is 0 Å². The average Bonchev–Trinajstić information content (AvgIpc) is 3.19. The number of rotatable bonds is 4. The molecule has 4 atom stereocenters. The summed E-state index contributed by atoms with van der Waals surface area (Å²) in [5, 5.41) is 6.04. The maximum absolute atomic E-state index is 13.2. The van der Waals surface area contributed by atoms with Crippen LogP contribution in [0.15, 0.2) is 41.9 Å². The molecular formula is C25H33BN4O3. The minimum atomic E-state index is -0.590. The number of nitrogens with zero attached hydrogens (tertiary/aromatic N) is 2. The summed E-state index contributed by atoms with van der Waals surface area (Å²) in [6, 6.07) is 5.66. The van der Waals surface area contributed by atoms with Gasteiger partial charge in [-0.3, -0.25) is 4.79 Å². The van der Waals surface area contributed by atoms with E-state index >= 15 is 0 Å². The molecule has 4 rings (SSSR count). The Kier molecular flexibility index (Phi) is 7.24. The molecule has 4 unspecified atom stereocenters. The standard InChI is InChI=1S/C25H33BN4O3/c1-16-12-17-4-7-21(13-18(17)10-11-29(16)2)27-24(31)23-14-22(33-3)15-30(23)25(32)28-20-8-5-19(26)6-9-20/h4-8,13,16,20,22-23H,9-12,14-15H2,1-3H3,(H,27,31)(H,28,32). The maximum Gasteiger partial charge on any atom is 0.318 e. The normalized spacial score (nSPS) is 27.5. The summed E-state index contributed by atoms with van der Waals surface area (Å²) in [4.78, 5) is 30.2. The Balaban J connectivity index is 1.43. The van der Waals surface area contributed by atoms with Crippen LogP contribution in [0, 0.1) is 0 Å². The molecule has 1 aromatic carbocycles. The quantitative estimate of drug-likeness (QED) is 0.693. The highest BCUT2D eigenvalue weighted by atomic mass is 16.5. The number of anilines is 1.